The van der Waals surface area contributed by atoms with Crippen LogP contribution in [0.1, 0.15) is 18.4 Å². The lowest BCUT2D eigenvalue weighted by Gasteiger charge is -2.16. The SMILES string of the molecule is O=S(=O)(CCCCCl)N[C@H](CO)Cc1ccccc1. The van der Waals surface area contributed by atoms with E-state index in [-0.39, 0.29) is 12.4 Å². The van der Waals surface area contributed by atoms with E-state index in [2.05, 4.69) is 4.72 Å². The smallest absolute Gasteiger partial charge is 0.211 e. The molecule has 2 N–H and O–H groups in total. The molecule has 0 aliphatic rings. The number of sulfonamides is 1. The van der Waals surface area contributed by atoms with Crippen LogP contribution in [0.4, 0.5) is 0 Å². The van der Waals surface area contributed by atoms with Gasteiger partial charge in [-0.1, -0.05) is 30.3 Å². The van der Waals surface area contributed by atoms with Crippen LogP contribution in [-0.2, 0) is 16.4 Å². The number of nitrogens with one attached hydrogen (secondary N) is 1. The van der Waals surface area contributed by atoms with Gasteiger partial charge in [0.25, 0.3) is 0 Å². The Morgan fingerprint density at radius 1 is 1.21 bits per heavy atom. The predicted molar refractivity (Wildman–Crippen MR) is 77.9 cm³/mol. The number of unbranched alkanes of at least 4 members (excludes halogenated alkanes) is 1. The van der Waals surface area contributed by atoms with Gasteiger partial charge in [-0.25, -0.2) is 13.1 Å². The van der Waals surface area contributed by atoms with Crippen LogP contribution >= 0.6 is 11.6 Å². The normalized spacial score (nSPS) is 13.4. The molecule has 1 aromatic carbocycles. The highest BCUT2D eigenvalue weighted by atomic mass is 35.5. The molecule has 19 heavy (non-hydrogen) atoms. The number of halogens is 1. The lowest BCUT2D eigenvalue weighted by molar-refractivity contribution is 0.256. The molecule has 0 aliphatic carbocycles. The van der Waals surface area contributed by atoms with E-state index < -0.39 is 16.1 Å². The minimum Gasteiger partial charge on any atom is -0.395 e. The number of aliphatic hydroxyl groups is 1. The molecule has 0 saturated carbocycles. The fourth-order valence-electron chi connectivity index (χ4n) is 1.74. The summed E-state index contributed by atoms with van der Waals surface area (Å²) in [5.41, 5.74) is 0.991. The van der Waals surface area contributed by atoms with Crippen molar-refractivity contribution in [3.8, 4) is 0 Å². The van der Waals surface area contributed by atoms with E-state index in [0.717, 1.165) is 5.56 Å². The summed E-state index contributed by atoms with van der Waals surface area (Å²) >= 11 is 5.52. The average molecular weight is 306 g/mol. The number of aliphatic hydroxyl groups excluding tert-OH is 1. The van der Waals surface area contributed by atoms with Crippen molar-refractivity contribution < 1.29 is 13.5 Å². The Labute approximate surface area is 119 Å². The van der Waals surface area contributed by atoms with Crippen LogP contribution in [0.5, 0.6) is 0 Å². The van der Waals surface area contributed by atoms with Crippen molar-refractivity contribution in [3.05, 3.63) is 35.9 Å². The quantitative estimate of drug-likeness (QED) is 0.537. The Balaban J connectivity index is 2.52. The van der Waals surface area contributed by atoms with Gasteiger partial charge in [0.1, 0.15) is 0 Å². The first-order valence-electron chi connectivity index (χ1n) is 6.28. The van der Waals surface area contributed by atoms with Gasteiger partial charge in [-0.2, -0.15) is 0 Å². The van der Waals surface area contributed by atoms with Gasteiger partial charge in [0.05, 0.1) is 12.4 Å². The molecule has 108 valence electrons. The summed E-state index contributed by atoms with van der Waals surface area (Å²) in [6.07, 6.45) is 1.68. The van der Waals surface area contributed by atoms with Crippen molar-refractivity contribution >= 4 is 21.6 Å². The number of hydrogen-bond acceptors (Lipinski definition) is 3. The molecule has 0 saturated heterocycles. The Morgan fingerprint density at radius 2 is 1.89 bits per heavy atom. The van der Waals surface area contributed by atoms with Crippen LogP contribution in [0.25, 0.3) is 0 Å². The molecule has 6 heteroatoms. The minimum atomic E-state index is -3.35. The predicted octanol–water partition coefficient (Wildman–Crippen LogP) is 1.53. The van der Waals surface area contributed by atoms with Gasteiger partial charge in [-0.3, -0.25) is 0 Å². The maximum absolute atomic E-state index is 11.8. The Bertz CT molecular complexity index is 450. The zero-order valence-electron chi connectivity index (χ0n) is 10.8. The van der Waals surface area contributed by atoms with Crippen molar-refractivity contribution in [2.24, 2.45) is 0 Å². The van der Waals surface area contributed by atoms with Crippen LogP contribution in [0, 0.1) is 0 Å². The topological polar surface area (TPSA) is 66.4 Å². The fraction of sp³-hybridized carbons (Fsp3) is 0.538. The molecular weight excluding hydrogens is 286 g/mol. The van der Waals surface area contributed by atoms with Crippen molar-refractivity contribution in [3.63, 3.8) is 0 Å². The molecule has 0 fully saturated rings. The van der Waals surface area contributed by atoms with Gasteiger partial charge in [0.2, 0.25) is 10.0 Å². The molecule has 0 aliphatic heterocycles. The number of benzene rings is 1. The first-order valence-corrected chi connectivity index (χ1v) is 8.47. The standard InChI is InChI=1S/C13H20ClNO3S/c14-8-4-5-9-19(17,18)15-13(11-16)10-12-6-2-1-3-7-12/h1-3,6-7,13,15-16H,4-5,8-11H2/t13-/m0/s1. The summed E-state index contributed by atoms with van der Waals surface area (Å²) < 4.78 is 26.1. The van der Waals surface area contributed by atoms with E-state index in [1.54, 1.807) is 0 Å². The largest absolute Gasteiger partial charge is 0.395 e. The number of hydrogen-bond donors (Lipinski definition) is 2. The van der Waals surface area contributed by atoms with Crippen molar-refractivity contribution in [2.45, 2.75) is 25.3 Å². The monoisotopic (exact) mass is 305 g/mol. The molecule has 1 atom stereocenters. The second-order valence-corrected chi connectivity index (χ2v) is 6.65. The Hall–Kier alpha value is -0.620. The molecular formula is C13H20ClNO3S. The molecule has 1 aromatic rings. The van der Waals surface area contributed by atoms with Crippen LogP contribution in [-0.4, -0.2) is 37.8 Å². The van der Waals surface area contributed by atoms with Crippen molar-refractivity contribution in [1.82, 2.24) is 4.72 Å². The molecule has 0 heterocycles. The van der Waals surface area contributed by atoms with E-state index in [1.807, 2.05) is 30.3 Å². The summed E-state index contributed by atoms with van der Waals surface area (Å²) in [5, 5.41) is 9.27. The minimum absolute atomic E-state index is 0.0466. The molecule has 0 bridgehead atoms. The van der Waals surface area contributed by atoms with Gasteiger partial charge < -0.3 is 5.11 Å². The molecule has 0 unspecified atom stereocenters. The third-order valence-corrected chi connectivity index (χ3v) is 4.47. The molecule has 0 aromatic heterocycles. The van der Waals surface area contributed by atoms with Gasteiger partial charge in [-0.05, 0) is 24.8 Å². The van der Waals surface area contributed by atoms with Gasteiger partial charge in [0, 0.05) is 11.9 Å². The third-order valence-electron chi connectivity index (χ3n) is 2.69. The van der Waals surface area contributed by atoms with E-state index in [9.17, 15) is 13.5 Å². The highest BCUT2D eigenvalue weighted by Gasteiger charge is 2.17. The van der Waals surface area contributed by atoms with Crippen molar-refractivity contribution in [1.29, 1.82) is 0 Å². The van der Waals surface area contributed by atoms with E-state index in [1.165, 1.54) is 0 Å². The molecule has 4 nitrogen and oxygen atoms in total. The maximum atomic E-state index is 11.8. The second-order valence-electron chi connectivity index (χ2n) is 4.40. The summed E-state index contributed by atoms with van der Waals surface area (Å²) in [5.74, 6) is 0.508. The van der Waals surface area contributed by atoms with Gasteiger partial charge in [-0.15, -0.1) is 11.6 Å². The maximum Gasteiger partial charge on any atom is 0.211 e. The molecule has 0 radical (unpaired) electrons. The molecule has 1 rings (SSSR count). The molecule has 0 amide bonds. The zero-order valence-corrected chi connectivity index (χ0v) is 12.3. The van der Waals surface area contributed by atoms with Gasteiger partial charge in [0.15, 0.2) is 0 Å². The first-order chi connectivity index (χ1) is 9.07. The van der Waals surface area contributed by atoms with Gasteiger partial charge >= 0.3 is 0 Å². The molecule has 0 spiro atoms. The summed E-state index contributed by atoms with van der Waals surface area (Å²) in [6.45, 7) is -0.219. The van der Waals surface area contributed by atoms with Crippen molar-refractivity contribution in [2.75, 3.05) is 18.2 Å². The van der Waals surface area contributed by atoms with Crippen LogP contribution in [0.2, 0.25) is 0 Å². The summed E-state index contributed by atoms with van der Waals surface area (Å²) in [7, 11) is -3.35. The average Bonchev–Trinajstić information content (AvgIpc) is 2.39. The fourth-order valence-corrected chi connectivity index (χ4v) is 3.30. The Kier molecular flexibility index (Phi) is 7.38. The second kappa shape index (κ2) is 8.53. The van der Waals surface area contributed by atoms with Crippen LogP contribution in [0.3, 0.4) is 0 Å². The van der Waals surface area contributed by atoms with E-state index in [0.29, 0.717) is 25.1 Å². The third kappa shape index (κ3) is 6.92. The number of alkyl halides is 1. The Morgan fingerprint density at radius 3 is 2.47 bits per heavy atom. The zero-order chi connectivity index (χ0) is 14.1. The summed E-state index contributed by atoms with van der Waals surface area (Å²) in [6, 6.07) is 9.00. The van der Waals surface area contributed by atoms with E-state index >= 15 is 0 Å². The highest BCUT2D eigenvalue weighted by molar-refractivity contribution is 7.89. The van der Waals surface area contributed by atoms with Crippen LogP contribution in [0.15, 0.2) is 30.3 Å². The number of rotatable bonds is 9. The first kappa shape index (κ1) is 16.4. The highest BCUT2D eigenvalue weighted by Crippen LogP contribution is 2.05. The van der Waals surface area contributed by atoms with Crippen LogP contribution < -0.4 is 4.72 Å². The summed E-state index contributed by atoms with van der Waals surface area (Å²) in [4.78, 5) is 0. The lowest BCUT2D eigenvalue weighted by Crippen LogP contribution is -2.40. The lowest BCUT2D eigenvalue weighted by atomic mass is 10.1. The van der Waals surface area contributed by atoms with E-state index in [4.69, 9.17) is 11.6 Å².